The van der Waals surface area contributed by atoms with Crippen molar-refractivity contribution in [1.82, 2.24) is 0 Å². The summed E-state index contributed by atoms with van der Waals surface area (Å²) in [7, 11) is 0. The van der Waals surface area contributed by atoms with E-state index >= 15 is 0 Å². The molecule has 8 heteroatoms. The van der Waals surface area contributed by atoms with Crippen LogP contribution in [0, 0.1) is 0 Å². The number of benzene rings is 1. The third-order valence-electron chi connectivity index (χ3n) is 4.39. The summed E-state index contributed by atoms with van der Waals surface area (Å²) in [6, 6.07) is 4.57. The van der Waals surface area contributed by atoms with Crippen molar-refractivity contribution in [2.45, 2.75) is 43.9 Å². The molecular formula is C20H26O8. The summed E-state index contributed by atoms with van der Waals surface area (Å²) in [5.41, 5.74) is 0.650. The molecule has 1 heterocycles. The highest BCUT2D eigenvalue weighted by Crippen LogP contribution is 2.35. The van der Waals surface area contributed by atoms with Crippen LogP contribution in [0.5, 0.6) is 11.5 Å². The van der Waals surface area contributed by atoms with Gasteiger partial charge in [-0.2, -0.15) is 0 Å². The first kappa shape index (κ1) is 22.1. The van der Waals surface area contributed by atoms with E-state index < -0.39 is 37.3 Å². The van der Waals surface area contributed by atoms with Crippen molar-refractivity contribution < 1.29 is 39.8 Å². The Labute approximate surface area is 163 Å². The smallest absolute Gasteiger partial charge is 0.234 e. The molecule has 28 heavy (non-hydrogen) atoms. The summed E-state index contributed by atoms with van der Waals surface area (Å²) < 4.78 is 11.3. The monoisotopic (exact) mass is 394 g/mol. The minimum atomic E-state index is -1.63. The number of phenols is 1. The van der Waals surface area contributed by atoms with E-state index in [0.717, 1.165) is 0 Å². The summed E-state index contributed by atoms with van der Waals surface area (Å²) in [5.74, 6) is -1.89. The largest absolute Gasteiger partial charge is 0.504 e. The van der Waals surface area contributed by atoms with E-state index in [9.17, 15) is 30.3 Å². The van der Waals surface area contributed by atoms with Crippen LogP contribution in [0.3, 0.4) is 0 Å². The van der Waals surface area contributed by atoms with Crippen LogP contribution in [-0.2, 0) is 9.53 Å². The fraction of sp³-hybridized carbons (Fsp3) is 0.450. The Kier molecular flexibility index (Phi) is 7.73. The number of rotatable bonds is 7. The Morgan fingerprint density at radius 1 is 1.32 bits per heavy atom. The first-order chi connectivity index (χ1) is 13.3. The van der Waals surface area contributed by atoms with Gasteiger partial charge in [0.15, 0.2) is 17.3 Å². The normalized spacial score (nSPS) is 28.5. The van der Waals surface area contributed by atoms with Crippen molar-refractivity contribution in [1.29, 1.82) is 0 Å². The molecule has 0 radical (unpaired) electrons. The van der Waals surface area contributed by atoms with Gasteiger partial charge in [0.2, 0.25) is 5.79 Å². The molecule has 0 aliphatic carbocycles. The fourth-order valence-corrected chi connectivity index (χ4v) is 2.84. The van der Waals surface area contributed by atoms with Crippen LogP contribution in [-0.4, -0.2) is 68.6 Å². The van der Waals surface area contributed by atoms with Gasteiger partial charge in [-0.1, -0.05) is 24.3 Å². The molecule has 5 N–H and O–H groups in total. The molecule has 1 aliphatic heterocycles. The van der Waals surface area contributed by atoms with Gasteiger partial charge < -0.3 is 35.0 Å². The summed E-state index contributed by atoms with van der Waals surface area (Å²) in [4.78, 5) is 10.9. The number of aliphatic hydroxyl groups is 4. The standard InChI is InChI=1S/C20H26O8/c1-13(23)4-2-3-5-14-6-7-17(16(25)10-14)27-20(12-22)9-8-15(24)19(26)18(11-21)28-20/h2-7,10,15,18-19,21-22,24-26H,8-9,11-12H2,1H3/b4-2+,5-3+/t15?,18-,19+,20+/m1/s1. The molecule has 0 saturated carbocycles. The Bertz CT molecular complexity index is 729. The number of aliphatic hydroxyl groups excluding tert-OH is 4. The first-order valence-electron chi connectivity index (χ1n) is 8.93. The average Bonchev–Trinajstić information content (AvgIpc) is 2.79. The molecule has 1 aromatic carbocycles. The number of hydrogen-bond donors (Lipinski definition) is 5. The summed E-state index contributed by atoms with van der Waals surface area (Å²) in [5, 5.41) is 49.4. The van der Waals surface area contributed by atoms with Crippen LogP contribution in [0.15, 0.2) is 36.4 Å². The third kappa shape index (κ3) is 5.63. The minimum absolute atomic E-state index is 0.0352. The quantitative estimate of drug-likeness (QED) is 0.333. The van der Waals surface area contributed by atoms with Crippen LogP contribution >= 0.6 is 0 Å². The molecule has 1 aliphatic rings. The molecular weight excluding hydrogens is 368 g/mol. The highest BCUT2D eigenvalue weighted by Gasteiger charge is 2.44. The van der Waals surface area contributed by atoms with Crippen molar-refractivity contribution in [3.05, 3.63) is 42.0 Å². The van der Waals surface area contributed by atoms with E-state index in [1.54, 1.807) is 24.3 Å². The lowest BCUT2D eigenvalue weighted by Crippen LogP contribution is -2.48. The number of carbonyl (C=O) groups is 1. The third-order valence-corrected chi connectivity index (χ3v) is 4.39. The van der Waals surface area contributed by atoms with Crippen molar-refractivity contribution in [3.63, 3.8) is 0 Å². The van der Waals surface area contributed by atoms with E-state index in [-0.39, 0.29) is 30.1 Å². The van der Waals surface area contributed by atoms with Crippen LogP contribution in [0.2, 0.25) is 0 Å². The van der Waals surface area contributed by atoms with Crippen LogP contribution in [0.4, 0.5) is 0 Å². The first-order valence-corrected chi connectivity index (χ1v) is 8.93. The maximum atomic E-state index is 10.9. The van der Waals surface area contributed by atoms with E-state index in [0.29, 0.717) is 5.56 Å². The zero-order chi connectivity index (χ0) is 20.7. The molecule has 8 nitrogen and oxygen atoms in total. The van der Waals surface area contributed by atoms with Gasteiger partial charge in [-0.15, -0.1) is 0 Å². The zero-order valence-electron chi connectivity index (χ0n) is 15.6. The lowest BCUT2D eigenvalue weighted by Gasteiger charge is -2.34. The van der Waals surface area contributed by atoms with E-state index in [4.69, 9.17) is 9.47 Å². The number of ether oxygens (including phenoxy) is 2. The number of hydrogen-bond acceptors (Lipinski definition) is 8. The van der Waals surface area contributed by atoms with E-state index in [2.05, 4.69) is 0 Å². The van der Waals surface area contributed by atoms with Gasteiger partial charge >= 0.3 is 0 Å². The fourth-order valence-electron chi connectivity index (χ4n) is 2.84. The Hall–Kier alpha value is -2.23. The SMILES string of the molecule is CC(=O)/C=C/C=C/c1ccc(O[C@@]2(CO)CCC(O)[C@H](O)[C@@H](CO)O2)c(O)c1. The van der Waals surface area contributed by atoms with Crippen molar-refractivity contribution in [3.8, 4) is 11.5 Å². The van der Waals surface area contributed by atoms with Crippen LogP contribution < -0.4 is 4.74 Å². The highest BCUT2D eigenvalue weighted by molar-refractivity contribution is 5.87. The average molecular weight is 394 g/mol. The molecule has 1 fully saturated rings. The number of aromatic hydroxyl groups is 1. The number of carbonyl (C=O) groups excluding carboxylic acids is 1. The predicted octanol–water partition coefficient (Wildman–Crippen LogP) is 0.511. The van der Waals surface area contributed by atoms with E-state index in [1.165, 1.54) is 25.1 Å². The number of ketones is 1. The van der Waals surface area contributed by atoms with Gasteiger partial charge in [-0.05, 0) is 37.1 Å². The maximum absolute atomic E-state index is 10.9. The number of allylic oxidation sites excluding steroid dienone is 3. The Balaban J connectivity index is 2.19. The molecule has 2 rings (SSSR count). The number of phenolic OH excluding ortho intramolecular Hbond substituents is 1. The molecule has 1 unspecified atom stereocenters. The van der Waals surface area contributed by atoms with Crippen molar-refractivity contribution in [2.75, 3.05) is 13.2 Å². The van der Waals surface area contributed by atoms with Gasteiger partial charge in [0.25, 0.3) is 0 Å². The van der Waals surface area contributed by atoms with Gasteiger partial charge in [0, 0.05) is 6.42 Å². The molecule has 4 atom stereocenters. The van der Waals surface area contributed by atoms with Crippen molar-refractivity contribution >= 4 is 11.9 Å². The maximum Gasteiger partial charge on any atom is 0.234 e. The predicted molar refractivity (Wildman–Crippen MR) is 101 cm³/mol. The minimum Gasteiger partial charge on any atom is -0.504 e. The van der Waals surface area contributed by atoms with Gasteiger partial charge in [-0.3, -0.25) is 4.79 Å². The second-order valence-electron chi connectivity index (χ2n) is 6.66. The highest BCUT2D eigenvalue weighted by atomic mass is 16.7. The topological polar surface area (TPSA) is 137 Å². The van der Waals surface area contributed by atoms with Gasteiger partial charge in [0.1, 0.15) is 18.8 Å². The van der Waals surface area contributed by atoms with Crippen LogP contribution in [0.1, 0.15) is 25.3 Å². The van der Waals surface area contributed by atoms with Gasteiger partial charge in [-0.25, -0.2) is 0 Å². The van der Waals surface area contributed by atoms with Crippen molar-refractivity contribution in [2.24, 2.45) is 0 Å². The second-order valence-corrected chi connectivity index (χ2v) is 6.66. The summed E-state index contributed by atoms with van der Waals surface area (Å²) in [6.45, 7) is 0.251. The lowest BCUT2D eigenvalue weighted by molar-refractivity contribution is -0.248. The molecule has 154 valence electrons. The zero-order valence-corrected chi connectivity index (χ0v) is 15.6. The molecule has 1 saturated heterocycles. The Morgan fingerprint density at radius 3 is 2.68 bits per heavy atom. The summed E-state index contributed by atoms with van der Waals surface area (Å²) >= 11 is 0. The summed E-state index contributed by atoms with van der Waals surface area (Å²) in [6.07, 6.45) is 2.80. The Morgan fingerprint density at radius 2 is 2.07 bits per heavy atom. The molecule has 0 amide bonds. The van der Waals surface area contributed by atoms with E-state index in [1.807, 2.05) is 0 Å². The molecule has 1 aromatic rings. The lowest BCUT2D eigenvalue weighted by atomic mass is 10.0. The van der Waals surface area contributed by atoms with Crippen LogP contribution in [0.25, 0.3) is 6.08 Å². The second kappa shape index (κ2) is 9.81. The molecule has 0 bridgehead atoms. The molecule has 0 spiro atoms. The molecule has 0 aromatic heterocycles. The van der Waals surface area contributed by atoms with Gasteiger partial charge in [0.05, 0.1) is 12.7 Å².